The zero-order chi connectivity index (χ0) is 12.4. The van der Waals surface area contributed by atoms with Crippen molar-refractivity contribution in [3.63, 3.8) is 0 Å². The summed E-state index contributed by atoms with van der Waals surface area (Å²) in [5, 5.41) is 11.6. The molecule has 1 aliphatic rings. The molecule has 4 N–H and O–H groups in total. The highest BCUT2D eigenvalue weighted by molar-refractivity contribution is 5.91. The minimum absolute atomic E-state index is 0.0281. The molecule has 92 valence electrons. The molecule has 6 heteroatoms. The second-order valence-corrected chi connectivity index (χ2v) is 3.86. The first-order valence-corrected chi connectivity index (χ1v) is 5.26. The first-order chi connectivity index (χ1) is 8.09. The van der Waals surface area contributed by atoms with E-state index in [0.717, 1.165) is 12.5 Å². The number of halogens is 1. The van der Waals surface area contributed by atoms with Crippen LogP contribution in [0.1, 0.15) is 16.8 Å². The van der Waals surface area contributed by atoms with Gasteiger partial charge in [-0.3, -0.25) is 0 Å². The fourth-order valence-electron chi connectivity index (χ4n) is 1.60. The maximum atomic E-state index is 13.8. The van der Waals surface area contributed by atoms with Gasteiger partial charge in [0.2, 0.25) is 0 Å². The third-order valence-corrected chi connectivity index (χ3v) is 2.70. The van der Waals surface area contributed by atoms with Gasteiger partial charge in [-0.25, -0.2) is 9.18 Å². The van der Waals surface area contributed by atoms with Crippen LogP contribution in [0.25, 0.3) is 0 Å². The van der Waals surface area contributed by atoms with E-state index in [0.29, 0.717) is 13.2 Å². The van der Waals surface area contributed by atoms with E-state index in [1.807, 2.05) is 0 Å². The lowest BCUT2D eigenvalue weighted by molar-refractivity contribution is -0.0410. The van der Waals surface area contributed by atoms with E-state index in [2.05, 4.69) is 5.32 Å². The maximum absolute atomic E-state index is 13.8. The third-order valence-electron chi connectivity index (χ3n) is 2.70. The highest BCUT2D eigenvalue weighted by Crippen LogP contribution is 2.26. The molecule has 1 heterocycles. The topological polar surface area (TPSA) is 84.6 Å². The molecule has 1 aliphatic heterocycles. The molecule has 1 saturated heterocycles. The number of carboxylic acids is 1. The SMILES string of the molecule is Nc1ccc(C(=O)O)c(F)c1NC[C@@H]1CCO1. The Morgan fingerprint density at radius 2 is 2.35 bits per heavy atom. The minimum Gasteiger partial charge on any atom is -0.478 e. The average Bonchev–Trinajstić information content (AvgIpc) is 2.19. The fourth-order valence-corrected chi connectivity index (χ4v) is 1.60. The molecular formula is C11H13FN2O3. The van der Waals surface area contributed by atoms with Crippen LogP contribution in [0.3, 0.4) is 0 Å². The van der Waals surface area contributed by atoms with Crippen LogP contribution >= 0.6 is 0 Å². The summed E-state index contributed by atoms with van der Waals surface area (Å²) < 4.78 is 19.0. The maximum Gasteiger partial charge on any atom is 0.338 e. The summed E-state index contributed by atoms with van der Waals surface area (Å²) in [6.45, 7) is 1.13. The number of hydrogen-bond donors (Lipinski definition) is 3. The van der Waals surface area contributed by atoms with Gasteiger partial charge in [0.05, 0.1) is 23.0 Å². The zero-order valence-electron chi connectivity index (χ0n) is 9.07. The van der Waals surface area contributed by atoms with Gasteiger partial charge >= 0.3 is 5.97 Å². The Hall–Kier alpha value is -1.82. The summed E-state index contributed by atoms with van der Waals surface area (Å²) in [4.78, 5) is 10.8. The van der Waals surface area contributed by atoms with Gasteiger partial charge in [-0.05, 0) is 18.6 Å². The van der Waals surface area contributed by atoms with Crippen LogP contribution in [0.15, 0.2) is 12.1 Å². The normalized spacial score (nSPS) is 18.5. The van der Waals surface area contributed by atoms with E-state index in [9.17, 15) is 9.18 Å². The summed E-state index contributed by atoms with van der Waals surface area (Å²) in [7, 11) is 0. The summed E-state index contributed by atoms with van der Waals surface area (Å²) in [5.74, 6) is -2.15. The summed E-state index contributed by atoms with van der Waals surface area (Å²) in [6.07, 6.45) is 0.954. The molecule has 17 heavy (non-hydrogen) atoms. The smallest absolute Gasteiger partial charge is 0.338 e. The molecule has 5 nitrogen and oxygen atoms in total. The summed E-state index contributed by atoms with van der Waals surface area (Å²) >= 11 is 0. The number of carboxylic acid groups (broad SMARTS) is 1. The number of nitrogens with one attached hydrogen (secondary N) is 1. The lowest BCUT2D eigenvalue weighted by atomic mass is 10.1. The van der Waals surface area contributed by atoms with Crippen LogP contribution in [-0.2, 0) is 4.74 Å². The Bertz CT molecular complexity index is 447. The largest absolute Gasteiger partial charge is 0.478 e. The van der Waals surface area contributed by atoms with Gasteiger partial charge in [-0.1, -0.05) is 0 Å². The van der Waals surface area contributed by atoms with Gasteiger partial charge < -0.3 is 20.9 Å². The van der Waals surface area contributed by atoms with Crippen LogP contribution < -0.4 is 11.1 Å². The Morgan fingerprint density at radius 1 is 1.65 bits per heavy atom. The molecule has 0 amide bonds. The second kappa shape index (κ2) is 4.58. The standard InChI is InChI=1S/C11H13FN2O3/c12-9-7(11(15)16)1-2-8(13)10(9)14-5-6-3-4-17-6/h1-2,6,14H,3-5,13H2,(H,15,16)/t6-/m0/s1. The number of ether oxygens (including phenoxy) is 1. The van der Waals surface area contributed by atoms with Crippen molar-refractivity contribution in [3.05, 3.63) is 23.5 Å². The van der Waals surface area contributed by atoms with E-state index in [4.69, 9.17) is 15.6 Å². The van der Waals surface area contributed by atoms with Gasteiger partial charge in [0, 0.05) is 13.2 Å². The number of carbonyl (C=O) groups is 1. The number of nitrogens with two attached hydrogens (primary N) is 1. The lowest BCUT2D eigenvalue weighted by Crippen LogP contribution is -2.33. The zero-order valence-corrected chi connectivity index (χ0v) is 9.07. The van der Waals surface area contributed by atoms with Crippen molar-refractivity contribution in [2.75, 3.05) is 24.2 Å². The molecule has 0 aromatic heterocycles. The Balaban J connectivity index is 2.18. The third kappa shape index (κ3) is 2.31. The molecule has 1 aromatic rings. The number of aromatic carboxylic acids is 1. The molecule has 2 rings (SSSR count). The van der Waals surface area contributed by atoms with Gasteiger partial charge in [-0.2, -0.15) is 0 Å². The van der Waals surface area contributed by atoms with E-state index in [1.165, 1.54) is 6.07 Å². The molecule has 1 aromatic carbocycles. The fraction of sp³-hybridized carbons (Fsp3) is 0.364. The quantitative estimate of drug-likeness (QED) is 0.691. The van der Waals surface area contributed by atoms with Gasteiger partial charge in [0.15, 0.2) is 5.82 Å². The molecule has 0 saturated carbocycles. The molecule has 0 unspecified atom stereocenters. The van der Waals surface area contributed by atoms with Crippen molar-refractivity contribution in [2.45, 2.75) is 12.5 Å². The predicted molar refractivity (Wildman–Crippen MR) is 60.6 cm³/mol. The minimum atomic E-state index is -1.31. The van der Waals surface area contributed by atoms with Crippen molar-refractivity contribution in [3.8, 4) is 0 Å². The van der Waals surface area contributed by atoms with Crippen molar-refractivity contribution >= 4 is 17.3 Å². The first kappa shape index (κ1) is 11.7. The lowest BCUT2D eigenvalue weighted by Gasteiger charge is -2.27. The highest BCUT2D eigenvalue weighted by Gasteiger charge is 2.21. The van der Waals surface area contributed by atoms with Crippen LogP contribution in [0, 0.1) is 5.82 Å². The number of rotatable bonds is 4. The monoisotopic (exact) mass is 240 g/mol. The van der Waals surface area contributed by atoms with Gasteiger partial charge in [0.1, 0.15) is 0 Å². The number of nitrogen functional groups attached to an aromatic ring is 1. The first-order valence-electron chi connectivity index (χ1n) is 5.26. The van der Waals surface area contributed by atoms with Crippen LogP contribution in [0.2, 0.25) is 0 Å². The number of benzene rings is 1. The number of hydrogen-bond acceptors (Lipinski definition) is 4. The Morgan fingerprint density at radius 3 is 2.88 bits per heavy atom. The summed E-state index contributed by atoms with van der Waals surface area (Å²) in [5.41, 5.74) is 5.42. The van der Waals surface area contributed by atoms with Gasteiger partial charge in [0.25, 0.3) is 0 Å². The summed E-state index contributed by atoms with van der Waals surface area (Å²) in [6, 6.07) is 2.52. The average molecular weight is 240 g/mol. The number of anilines is 2. The van der Waals surface area contributed by atoms with Crippen LogP contribution in [0.5, 0.6) is 0 Å². The molecule has 1 fully saturated rings. The van der Waals surface area contributed by atoms with Crippen molar-refractivity contribution in [1.29, 1.82) is 0 Å². The van der Waals surface area contributed by atoms with Crippen molar-refractivity contribution < 1.29 is 19.0 Å². The van der Waals surface area contributed by atoms with Crippen LogP contribution in [-0.4, -0.2) is 30.3 Å². The van der Waals surface area contributed by atoms with E-state index < -0.39 is 17.3 Å². The molecule has 0 aliphatic carbocycles. The van der Waals surface area contributed by atoms with E-state index in [1.54, 1.807) is 0 Å². The molecule has 0 bridgehead atoms. The molecule has 1 atom stereocenters. The molecular weight excluding hydrogens is 227 g/mol. The Kier molecular flexibility index (Phi) is 3.14. The van der Waals surface area contributed by atoms with Crippen molar-refractivity contribution in [1.82, 2.24) is 0 Å². The predicted octanol–water partition coefficient (Wildman–Crippen LogP) is 1.31. The van der Waals surface area contributed by atoms with Crippen LogP contribution in [0.4, 0.5) is 15.8 Å². The second-order valence-electron chi connectivity index (χ2n) is 3.86. The Labute approximate surface area is 97.4 Å². The van der Waals surface area contributed by atoms with E-state index >= 15 is 0 Å². The van der Waals surface area contributed by atoms with Gasteiger partial charge in [-0.15, -0.1) is 0 Å². The molecule has 0 radical (unpaired) electrons. The van der Waals surface area contributed by atoms with Crippen molar-refractivity contribution in [2.24, 2.45) is 0 Å². The molecule has 0 spiro atoms. The van der Waals surface area contributed by atoms with E-state index in [-0.39, 0.29) is 17.5 Å². The highest BCUT2D eigenvalue weighted by atomic mass is 19.1.